The second-order valence-corrected chi connectivity index (χ2v) is 8.57. The number of carbonyl (C=O) groups excluding carboxylic acids is 1. The maximum absolute atomic E-state index is 12.7. The van der Waals surface area contributed by atoms with Crippen molar-refractivity contribution in [2.24, 2.45) is 23.2 Å². The van der Waals surface area contributed by atoms with Crippen LogP contribution in [0, 0.1) is 23.2 Å². The summed E-state index contributed by atoms with van der Waals surface area (Å²) in [6.45, 7) is 6.95. The summed E-state index contributed by atoms with van der Waals surface area (Å²) in [5.41, 5.74) is 0.825. The number of ether oxygens (including phenoxy) is 2. The first-order valence-electron chi connectivity index (χ1n) is 9.82. The van der Waals surface area contributed by atoms with Gasteiger partial charge >= 0.3 is 0 Å². The zero-order valence-electron chi connectivity index (χ0n) is 16.4. The van der Waals surface area contributed by atoms with Crippen LogP contribution in [-0.4, -0.2) is 30.2 Å². The molecule has 1 aromatic rings. The molecule has 0 amide bonds. The van der Waals surface area contributed by atoms with Crippen LogP contribution in [0.2, 0.25) is 0 Å². The zero-order valence-corrected chi connectivity index (χ0v) is 16.4. The Balaban J connectivity index is 1.73. The number of Topliss-reactive ketones (excluding diaryl/α,β-unsaturated/α-hetero) is 1. The maximum atomic E-state index is 12.7. The lowest BCUT2D eigenvalue weighted by atomic mass is 9.54. The van der Waals surface area contributed by atoms with Crippen LogP contribution in [0.3, 0.4) is 0 Å². The summed E-state index contributed by atoms with van der Waals surface area (Å²) in [6, 6.07) is 7.89. The van der Waals surface area contributed by atoms with E-state index in [2.05, 4.69) is 20.8 Å². The molecule has 26 heavy (non-hydrogen) atoms. The highest BCUT2D eigenvalue weighted by molar-refractivity contribution is 5.83. The summed E-state index contributed by atoms with van der Waals surface area (Å²) in [5, 5.41) is 10.9. The first kappa shape index (κ1) is 19.4. The van der Waals surface area contributed by atoms with Gasteiger partial charge in [-0.05, 0) is 48.8 Å². The monoisotopic (exact) mass is 360 g/mol. The molecular weight excluding hydrogens is 328 g/mol. The minimum atomic E-state index is -0.548. The quantitative estimate of drug-likeness (QED) is 0.862. The van der Waals surface area contributed by atoms with E-state index >= 15 is 0 Å². The van der Waals surface area contributed by atoms with Gasteiger partial charge in [-0.15, -0.1) is 0 Å². The van der Waals surface area contributed by atoms with Crippen LogP contribution in [0.1, 0.15) is 52.0 Å². The van der Waals surface area contributed by atoms with Crippen molar-refractivity contribution in [1.82, 2.24) is 0 Å². The fraction of sp³-hybridized carbons (Fsp3) is 0.682. The number of rotatable bonds is 5. The first-order chi connectivity index (χ1) is 12.4. The molecule has 3 rings (SSSR count). The minimum absolute atomic E-state index is 0.00932. The number of hydrogen-bond donors (Lipinski definition) is 1. The number of fused-ring (bicyclic) bond motifs is 1. The third kappa shape index (κ3) is 3.54. The molecule has 0 aliphatic heterocycles. The van der Waals surface area contributed by atoms with Crippen LogP contribution < -0.4 is 4.74 Å². The molecule has 4 heteroatoms. The molecular formula is C22H32O4. The highest BCUT2D eigenvalue weighted by atomic mass is 16.5. The molecule has 0 heterocycles. The predicted molar refractivity (Wildman–Crippen MR) is 101 cm³/mol. The molecule has 0 saturated heterocycles. The summed E-state index contributed by atoms with van der Waals surface area (Å²) < 4.78 is 11.5. The molecule has 4 nitrogen and oxygen atoms in total. The Morgan fingerprint density at radius 1 is 1.23 bits per heavy atom. The smallest absolute Gasteiger partial charge is 0.139 e. The Bertz CT molecular complexity index is 624. The molecule has 2 aliphatic carbocycles. The Labute approximate surface area is 156 Å². The van der Waals surface area contributed by atoms with E-state index in [9.17, 15) is 9.90 Å². The predicted octanol–water partition coefficient (Wildman–Crippen LogP) is 3.99. The van der Waals surface area contributed by atoms with E-state index in [-0.39, 0.29) is 29.1 Å². The molecule has 0 unspecified atom stereocenters. The van der Waals surface area contributed by atoms with E-state index in [1.54, 1.807) is 7.11 Å². The van der Waals surface area contributed by atoms with Gasteiger partial charge in [0.15, 0.2) is 0 Å². The maximum Gasteiger partial charge on any atom is 0.139 e. The molecule has 144 valence electrons. The van der Waals surface area contributed by atoms with E-state index < -0.39 is 6.10 Å². The van der Waals surface area contributed by atoms with Crippen molar-refractivity contribution in [2.75, 3.05) is 7.11 Å². The van der Waals surface area contributed by atoms with Gasteiger partial charge in [0.1, 0.15) is 11.5 Å². The van der Waals surface area contributed by atoms with Gasteiger partial charge < -0.3 is 14.6 Å². The van der Waals surface area contributed by atoms with Crippen molar-refractivity contribution >= 4 is 5.78 Å². The number of methoxy groups -OCH3 is 1. The van der Waals surface area contributed by atoms with Crippen LogP contribution in [0.15, 0.2) is 24.3 Å². The zero-order chi connectivity index (χ0) is 18.9. The second-order valence-electron chi connectivity index (χ2n) is 8.57. The van der Waals surface area contributed by atoms with E-state index in [1.165, 1.54) is 0 Å². The summed E-state index contributed by atoms with van der Waals surface area (Å²) in [6.07, 6.45) is 2.62. The summed E-state index contributed by atoms with van der Waals surface area (Å²) in [5.74, 6) is 1.35. The van der Waals surface area contributed by atoms with Gasteiger partial charge in [0.05, 0.1) is 31.8 Å². The van der Waals surface area contributed by atoms with Gasteiger partial charge in [-0.2, -0.15) is 0 Å². The van der Waals surface area contributed by atoms with Gasteiger partial charge in [0.25, 0.3) is 0 Å². The van der Waals surface area contributed by atoms with Crippen LogP contribution >= 0.6 is 0 Å². The Morgan fingerprint density at radius 3 is 2.54 bits per heavy atom. The Hall–Kier alpha value is -1.39. The Kier molecular flexibility index (Phi) is 5.73. The number of carbonyl (C=O) groups is 1. The number of hydrogen-bond acceptors (Lipinski definition) is 4. The highest BCUT2D eigenvalue weighted by Crippen LogP contribution is 2.52. The Morgan fingerprint density at radius 2 is 1.92 bits per heavy atom. The molecule has 0 aromatic heterocycles. The SMILES string of the molecule is COc1ccc(CO[C@@H]2CCC(=O)[C@H]3[C@H](O)[C@@H](C(C)C)CC[C@@]23C)cc1. The van der Waals surface area contributed by atoms with Crippen molar-refractivity contribution in [1.29, 1.82) is 0 Å². The van der Waals surface area contributed by atoms with E-state index in [1.807, 2.05) is 24.3 Å². The van der Waals surface area contributed by atoms with Crippen LogP contribution in [-0.2, 0) is 16.1 Å². The van der Waals surface area contributed by atoms with Gasteiger partial charge in [0, 0.05) is 11.8 Å². The molecule has 2 fully saturated rings. The first-order valence-corrected chi connectivity index (χ1v) is 9.82. The fourth-order valence-electron chi connectivity index (χ4n) is 5.04. The van der Waals surface area contributed by atoms with Crippen molar-refractivity contribution in [3.05, 3.63) is 29.8 Å². The lowest BCUT2D eigenvalue weighted by Gasteiger charge is -2.53. The van der Waals surface area contributed by atoms with Gasteiger partial charge in [-0.3, -0.25) is 4.79 Å². The average molecular weight is 360 g/mol. The fourth-order valence-corrected chi connectivity index (χ4v) is 5.04. The third-order valence-electron chi connectivity index (χ3n) is 6.71. The van der Waals surface area contributed by atoms with E-state index in [4.69, 9.17) is 9.47 Å². The van der Waals surface area contributed by atoms with Crippen molar-refractivity contribution in [3.63, 3.8) is 0 Å². The van der Waals surface area contributed by atoms with Crippen LogP contribution in [0.25, 0.3) is 0 Å². The molecule has 2 saturated carbocycles. The largest absolute Gasteiger partial charge is 0.497 e. The summed E-state index contributed by atoms with van der Waals surface area (Å²) >= 11 is 0. The molecule has 0 spiro atoms. The van der Waals surface area contributed by atoms with Gasteiger partial charge in [-0.1, -0.05) is 32.9 Å². The third-order valence-corrected chi connectivity index (χ3v) is 6.71. The molecule has 0 radical (unpaired) electrons. The molecule has 1 N–H and O–H groups in total. The topological polar surface area (TPSA) is 55.8 Å². The van der Waals surface area contributed by atoms with Crippen molar-refractivity contribution < 1.29 is 19.4 Å². The summed E-state index contributed by atoms with van der Waals surface area (Å²) in [7, 11) is 1.66. The summed E-state index contributed by atoms with van der Waals surface area (Å²) in [4.78, 5) is 12.7. The van der Waals surface area contributed by atoms with Gasteiger partial charge in [-0.25, -0.2) is 0 Å². The van der Waals surface area contributed by atoms with Crippen LogP contribution in [0.4, 0.5) is 0 Å². The molecule has 5 atom stereocenters. The van der Waals surface area contributed by atoms with E-state index in [0.29, 0.717) is 18.9 Å². The number of ketones is 1. The van der Waals surface area contributed by atoms with Crippen LogP contribution in [0.5, 0.6) is 5.75 Å². The average Bonchev–Trinajstić information content (AvgIpc) is 2.61. The molecule has 2 aliphatic rings. The lowest BCUT2D eigenvalue weighted by molar-refractivity contribution is -0.176. The minimum Gasteiger partial charge on any atom is -0.497 e. The van der Waals surface area contributed by atoms with Gasteiger partial charge in [0.2, 0.25) is 0 Å². The number of benzene rings is 1. The second kappa shape index (κ2) is 7.69. The van der Waals surface area contributed by atoms with Crippen molar-refractivity contribution in [3.8, 4) is 5.75 Å². The highest BCUT2D eigenvalue weighted by Gasteiger charge is 2.56. The standard InChI is InChI=1S/C22H32O4/c1-14(2)17-11-12-22(3)19(10-9-18(23)20(22)21(17)24)26-13-15-5-7-16(25-4)8-6-15/h5-8,14,17,19-21,24H,9-13H2,1-4H3/t17-,19-,20+,21-,22+/m1/s1. The van der Waals surface area contributed by atoms with E-state index in [0.717, 1.165) is 30.6 Å². The molecule has 1 aromatic carbocycles. The number of aliphatic hydroxyl groups is 1. The van der Waals surface area contributed by atoms with Crippen molar-refractivity contribution in [2.45, 2.75) is 65.3 Å². The normalized spacial score (nSPS) is 34.6. The molecule has 0 bridgehead atoms. The lowest BCUT2D eigenvalue weighted by Crippen LogP contribution is -2.58. The number of aliphatic hydroxyl groups excluding tert-OH is 1.